The summed E-state index contributed by atoms with van der Waals surface area (Å²) in [6, 6.07) is 5.99. The van der Waals surface area contributed by atoms with Crippen LogP contribution in [0.2, 0.25) is 0 Å². The van der Waals surface area contributed by atoms with Gasteiger partial charge in [-0.1, -0.05) is 0 Å². The summed E-state index contributed by atoms with van der Waals surface area (Å²) in [5.74, 6) is 1.33. The molecule has 1 unspecified atom stereocenters. The second kappa shape index (κ2) is 8.44. The van der Waals surface area contributed by atoms with E-state index >= 15 is 0 Å². The van der Waals surface area contributed by atoms with E-state index in [2.05, 4.69) is 46.3 Å². The van der Waals surface area contributed by atoms with E-state index in [0.717, 1.165) is 57.2 Å². The van der Waals surface area contributed by atoms with Crippen molar-refractivity contribution in [3.05, 3.63) is 21.6 Å². The quantitative estimate of drug-likeness (QED) is 0.571. The van der Waals surface area contributed by atoms with E-state index in [4.69, 9.17) is 20.4 Å². The fraction of sp³-hybridized carbons (Fsp3) is 0.630. The highest BCUT2D eigenvalue weighted by Crippen LogP contribution is 2.53. The van der Waals surface area contributed by atoms with Crippen LogP contribution in [-0.2, 0) is 11.8 Å². The molecule has 2 aromatic heterocycles. The lowest BCUT2D eigenvalue weighted by Gasteiger charge is -2.49. The number of nitrogen functional groups attached to an aromatic ring is 1. The summed E-state index contributed by atoms with van der Waals surface area (Å²) in [4.78, 5) is 17.6. The first kappa shape index (κ1) is 24.0. The molecular weight excluding hydrogens is 498 g/mol. The van der Waals surface area contributed by atoms with E-state index in [-0.39, 0.29) is 11.0 Å². The number of rotatable bonds is 6. The number of hydrogen-bond donors (Lipinski definition) is 2. The van der Waals surface area contributed by atoms with Crippen molar-refractivity contribution in [2.24, 2.45) is 0 Å². The molecule has 2 bridgehead atoms. The van der Waals surface area contributed by atoms with Crippen LogP contribution in [-0.4, -0.2) is 79.4 Å². The molecule has 4 fully saturated rings. The summed E-state index contributed by atoms with van der Waals surface area (Å²) < 4.78 is 6.27. The number of aryl methyl sites for hydroxylation is 1. The maximum atomic E-state index is 10.4. The lowest BCUT2D eigenvalue weighted by atomic mass is 9.74. The minimum absolute atomic E-state index is 0.0410. The Balaban J connectivity index is 1.23. The molecule has 0 radical (unpaired) electrons. The minimum Gasteiger partial charge on any atom is -0.461 e. The number of likely N-dealkylation sites (N-methyl/N-ethyl adjacent to an activating group) is 1. The van der Waals surface area contributed by atoms with Crippen molar-refractivity contribution >= 4 is 28.0 Å². The lowest BCUT2D eigenvalue weighted by molar-refractivity contribution is 0.158. The summed E-state index contributed by atoms with van der Waals surface area (Å²) in [6.07, 6.45) is 6.44. The Morgan fingerprint density at radius 1 is 1.05 bits per heavy atom. The predicted octanol–water partition coefficient (Wildman–Crippen LogP) is 1.98. The largest absolute Gasteiger partial charge is 0.461 e. The van der Waals surface area contributed by atoms with Crippen molar-refractivity contribution in [2.75, 3.05) is 62.4 Å². The molecule has 2 aliphatic carbocycles. The number of hydrogen-bond acceptors (Lipinski definition) is 11. The van der Waals surface area contributed by atoms with Crippen LogP contribution in [0.25, 0.3) is 0 Å². The molecule has 5 aliphatic rings. The van der Waals surface area contributed by atoms with E-state index in [1.807, 2.05) is 0 Å². The topological polar surface area (TPSA) is 130 Å². The SMILES string of the molecule is CN(C)C1(COc2nc(N3CC4CC[C@@H](C3)N4)c(C#N)c(N3CC4(CCc5sc(N)c(C#N)c54)C3)n2)CC1. The first-order valence-corrected chi connectivity index (χ1v) is 14.4. The first-order chi connectivity index (χ1) is 18.3. The number of nitrogens with zero attached hydrogens (tertiary/aromatic N) is 7. The second-order valence-electron chi connectivity index (χ2n) is 12.0. The Morgan fingerprint density at radius 3 is 2.32 bits per heavy atom. The van der Waals surface area contributed by atoms with Gasteiger partial charge < -0.3 is 30.5 Å². The van der Waals surface area contributed by atoms with Gasteiger partial charge in [-0.25, -0.2) is 0 Å². The Morgan fingerprint density at radius 2 is 1.71 bits per heavy atom. The van der Waals surface area contributed by atoms with Crippen LogP contribution < -0.4 is 25.6 Å². The normalized spacial score (nSPS) is 25.7. The molecule has 5 heterocycles. The molecule has 10 nitrogen and oxygen atoms in total. The smallest absolute Gasteiger partial charge is 0.320 e. The van der Waals surface area contributed by atoms with Gasteiger partial charge in [-0.2, -0.15) is 20.5 Å². The third-order valence-electron chi connectivity index (χ3n) is 9.49. The Labute approximate surface area is 227 Å². The highest BCUT2D eigenvalue weighted by atomic mass is 32.1. The molecule has 11 heteroatoms. The Bertz CT molecular complexity index is 1370. The molecular formula is C27H33N9OS. The van der Waals surface area contributed by atoms with Crippen LogP contribution in [0.15, 0.2) is 0 Å². The van der Waals surface area contributed by atoms with Crippen molar-refractivity contribution in [1.29, 1.82) is 10.5 Å². The lowest BCUT2D eigenvalue weighted by Crippen LogP contribution is -2.59. The molecule has 38 heavy (non-hydrogen) atoms. The fourth-order valence-electron chi connectivity index (χ4n) is 7.05. The monoisotopic (exact) mass is 531 g/mol. The van der Waals surface area contributed by atoms with E-state index in [9.17, 15) is 10.5 Å². The van der Waals surface area contributed by atoms with Gasteiger partial charge in [-0.05, 0) is 58.2 Å². The highest BCUT2D eigenvalue weighted by molar-refractivity contribution is 7.16. The summed E-state index contributed by atoms with van der Waals surface area (Å²) in [5, 5.41) is 24.5. The minimum atomic E-state index is -0.107. The van der Waals surface area contributed by atoms with Gasteiger partial charge in [0.05, 0.1) is 11.1 Å². The number of ether oxygens (including phenoxy) is 1. The molecule has 1 spiro atoms. The summed E-state index contributed by atoms with van der Waals surface area (Å²) in [6.45, 7) is 3.61. The first-order valence-electron chi connectivity index (χ1n) is 13.5. The van der Waals surface area contributed by atoms with Crippen LogP contribution in [0.4, 0.5) is 16.6 Å². The van der Waals surface area contributed by atoms with Crippen molar-refractivity contribution in [3.63, 3.8) is 0 Å². The molecule has 2 atom stereocenters. The van der Waals surface area contributed by atoms with Gasteiger partial charge in [0, 0.05) is 48.6 Å². The van der Waals surface area contributed by atoms with Crippen LogP contribution >= 0.6 is 11.3 Å². The number of nitriles is 2. The molecule has 1 saturated carbocycles. The maximum Gasteiger partial charge on any atom is 0.320 e. The number of nitrogens with two attached hydrogens (primary N) is 1. The molecule has 2 aromatic rings. The van der Waals surface area contributed by atoms with Crippen LogP contribution in [0.1, 0.15) is 53.7 Å². The second-order valence-corrected chi connectivity index (χ2v) is 13.1. The van der Waals surface area contributed by atoms with Crippen LogP contribution in [0.3, 0.4) is 0 Å². The van der Waals surface area contributed by atoms with Crippen molar-refractivity contribution < 1.29 is 4.74 Å². The highest BCUT2D eigenvalue weighted by Gasteiger charge is 2.52. The third-order valence-corrected chi connectivity index (χ3v) is 10.6. The van der Waals surface area contributed by atoms with Gasteiger partial charge in [0.2, 0.25) is 0 Å². The van der Waals surface area contributed by atoms with Crippen molar-refractivity contribution in [1.82, 2.24) is 20.2 Å². The van der Waals surface area contributed by atoms with E-state index in [0.29, 0.717) is 65.6 Å². The summed E-state index contributed by atoms with van der Waals surface area (Å²) >= 11 is 1.55. The van der Waals surface area contributed by atoms with Crippen molar-refractivity contribution in [2.45, 2.75) is 61.6 Å². The number of nitrogens with one attached hydrogen (secondary N) is 1. The zero-order chi connectivity index (χ0) is 26.2. The van der Waals surface area contributed by atoms with Crippen LogP contribution in [0.5, 0.6) is 6.01 Å². The molecule has 7 rings (SSSR count). The zero-order valence-electron chi connectivity index (χ0n) is 22.0. The summed E-state index contributed by atoms with van der Waals surface area (Å²) in [5.41, 5.74) is 8.41. The number of thiophene rings is 1. The Kier molecular flexibility index (Phi) is 5.32. The van der Waals surface area contributed by atoms with Crippen molar-refractivity contribution in [3.8, 4) is 18.1 Å². The summed E-state index contributed by atoms with van der Waals surface area (Å²) in [7, 11) is 4.18. The molecule has 3 aliphatic heterocycles. The zero-order valence-corrected chi connectivity index (χ0v) is 22.8. The van der Waals surface area contributed by atoms with E-state index in [1.165, 1.54) is 4.88 Å². The fourth-order valence-corrected chi connectivity index (χ4v) is 8.19. The van der Waals surface area contributed by atoms with Gasteiger partial charge in [0.1, 0.15) is 29.3 Å². The van der Waals surface area contributed by atoms with Gasteiger partial charge in [0.15, 0.2) is 11.6 Å². The Hall–Kier alpha value is -3.12. The molecule has 198 valence electrons. The number of fused-ring (bicyclic) bond motifs is 4. The number of piperazine rings is 1. The van der Waals surface area contributed by atoms with Crippen LogP contribution in [0, 0.1) is 22.7 Å². The van der Waals surface area contributed by atoms with E-state index < -0.39 is 0 Å². The van der Waals surface area contributed by atoms with Gasteiger partial charge in [-0.3, -0.25) is 0 Å². The molecule has 0 aromatic carbocycles. The van der Waals surface area contributed by atoms with E-state index in [1.54, 1.807) is 11.3 Å². The average Bonchev–Trinajstić information content (AvgIpc) is 3.36. The number of aromatic nitrogens is 2. The predicted molar refractivity (Wildman–Crippen MR) is 146 cm³/mol. The molecule has 3 N–H and O–H groups in total. The standard InChI is InChI=1S/C27H33N9OS/c1-34(2)27(7-8-27)15-37-25-32-23(35-11-16-3-4-17(12-35)31-16)19(10-29)24(33-25)36-13-26(14-36)6-5-20-21(26)18(9-28)22(30)38-20/h16-17,31H,3-8,11-15,30H2,1-2H3/t16-,17?/m0/s1. The van der Waals surface area contributed by atoms with Gasteiger partial charge >= 0.3 is 6.01 Å². The van der Waals surface area contributed by atoms with Gasteiger partial charge in [-0.15, -0.1) is 11.3 Å². The molecule has 0 amide bonds. The maximum absolute atomic E-state index is 10.4. The average molecular weight is 532 g/mol. The molecule has 3 saturated heterocycles. The number of anilines is 3. The third kappa shape index (κ3) is 3.56. The van der Waals surface area contributed by atoms with Gasteiger partial charge in [0.25, 0.3) is 0 Å².